The summed E-state index contributed by atoms with van der Waals surface area (Å²) in [6.07, 6.45) is -0.492. The van der Waals surface area contributed by atoms with E-state index in [1.54, 1.807) is 20.1 Å². The van der Waals surface area contributed by atoms with Crippen molar-refractivity contribution in [2.75, 3.05) is 21.3 Å². The molecule has 30 heavy (non-hydrogen) atoms. The molecule has 0 fully saturated rings. The first kappa shape index (κ1) is 20.3. The number of carbonyl (C=O) groups is 1. The summed E-state index contributed by atoms with van der Waals surface area (Å²) in [5, 5.41) is 10.8. The van der Waals surface area contributed by atoms with Gasteiger partial charge in [0.2, 0.25) is 0 Å². The molecule has 0 bridgehead atoms. The van der Waals surface area contributed by atoms with Crippen LogP contribution >= 0.6 is 0 Å². The Balaban J connectivity index is 2.09. The summed E-state index contributed by atoms with van der Waals surface area (Å²) in [5.74, 6) is 1.04. The molecule has 2 aromatic carbocycles. The monoisotopic (exact) mass is 414 g/mol. The molecule has 0 unspecified atom stereocenters. The van der Waals surface area contributed by atoms with E-state index in [4.69, 9.17) is 23.7 Å². The van der Waals surface area contributed by atoms with Gasteiger partial charge in [-0.3, -0.25) is 0 Å². The summed E-state index contributed by atoms with van der Waals surface area (Å²) in [5.41, 5.74) is 2.41. The Morgan fingerprint density at radius 2 is 1.80 bits per heavy atom. The van der Waals surface area contributed by atoms with Gasteiger partial charge in [-0.2, -0.15) is 0 Å². The van der Waals surface area contributed by atoms with Gasteiger partial charge < -0.3 is 28.8 Å². The standard InChI is InChI=1S/C23H26O7/c1-10-8-14-17-18(23(3,4)30-14)20(27-6)15-11(2)16(22(25)28-7)12(26-5)9-13(15)29-21(17)19(10)24/h8-9,18,20,24H,1-7H3/t18-,20+/m1/s1. The minimum Gasteiger partial charge on any atom is -0.504 e. The molecule has 0 saturated carbocycles. The lowest BCUT2D eigenvalue weighted by atomic mass is 9.78. The molecule has 0 amide bonds. The van der Waals surface area contributed by atoms with Crippen LogP contribution in [0.2, 0.25) is 0 Å². The fraction of sp³-hybridized carbons (Fsp3) is 0.435. The van der Waals surface area contributed by atoms with Gasteiger partial charge in [-0.25, -0.2) is 4.79 Å². The van der Waals surface area contributed by atoms with Crippen LogP contribution in [0.4, 0.5) is 0 Å². The van der Waals surface area contributed by atoms with Gasteiger partial charge in [0.1, 0.15) is 28.4 Å². The van der Waals surface area contributed by atoms with E-state index in [9.17, 15) is 9.90 Å². The number of aromatic hydroxyl groups is 1. The zero-order chi connectivity index (χ0) is 22.0. The summed E-state index contributed by atoms with van der Waals surface area (Å²) in [6, 6.07) is 3.46. The van der Waals surface area contributed by atoms with Gasteiger partial charge >= 0.3 is 5.97 Å². The Kier molecular flexibility index (Phi) is 4.62. The average molecular weight is 414 g/mol. The highest BCUT2D eigenvalue weighted by Gasteiger charge is 2.52. The van der Waals surface area contributed by atoms with E-state index >= 15 is 0 Å². The Morgan fingerprint density at radius 1 is 1.10 bits per heavy atom. The van der Waals surface area contributed by atoms with Crippen LogP contribution in [0.1, 0.15) is 58.5 Å². The van der Waals surface area contributed by atoms with Crippen molar-refractivity contribution in [1.82, 2.24) is 0 Å². The summed E-state index contributed by atoms with van der Waals surface area (Å²) in [6.45, 7) is 7.56. The van der Waals surface area contributed by atoms with Crippen molar-refractivity contribution in [3.05, 3.63) is 39.9 Å². The topological polar surface area (TPSA) is 83.5 Å². The lowest BCUT2D eigenvalue weighted by Gasteiger charge is -2.32. The van der Waals surface area contributed by atoms with E-state index in [0.29, 0.717) is 45.3 Å². The molecule has 7 heteroatoms. The molecule has 2 aliphatic rings. The highest BCUT2D eigenvalue weighted by molar-refractivity contribution is 5.95. The molecule has 2 aromatic rings. The molecule has 160 valence electrons. The van der Waals surface area contributed by atoms with E-state index in [1.165, 1.54) is 14.2 Å². The van der Waals surface area contributed by atoms with Crippen LogP contribution in [0.5, 0.6) is 28.7 Å². The second-order valence-electron chi connectivity index (χ2n) is 8.21. The van der Waals surface area contributed by atoms with Crippen molar-refractivity contribution in [3.63, 3.8) is 0 Å². The maximum absolute atomic E-state index is 12.5. The maximum Gasteiger partial charge on any atom is 0.341 e. The maximum atomic E-state index is 12.5. The largest absolute Gasteiger partial charge is 0.504 e. The minimum absolute atomic E-state index is 0.0522. The lowest BCUT2D eigenvalue weighted by molar-refractivity contribution is 0.00872. The van der Waals surface area contributed by atoms with Crippen molar-refractivity contribution in [3.8, 4) is 28.7 Å². The summed E-state index contributed by atoms with van der Waals surface area (Å²) >= 11 is 0. The van der Waals surface area contributed by atoms with Crippen molar-refractivity contribution < 1.29 is 33.6 Å². The second-order valence-corrected chi connectivity index (χ2v) is 8.21. The molecule has 2 heterocycles. The fourth-order valence-electron chi connectivity index (χ4n) is 4.71. The number of methoxy groups -OCH3 is 3. The van der Waals surface area contributed by atoms with Crippen molar-refractivity contribution in [2.45, 2.75) is 45.3 Å². The average Bonchev–Trinajstić information content (AvgIpc) is 2.86. The summed E-state index contributed by atoms with van der Waals surface area (Å²) in [7, 11) is 4.42. The molecular formula is C23H26O7. The van der Waals surface area contributed by atoms with Crippen molar-refractivity contribution in [2.24, 2.45) is 0 Å². The second kappa shape index (κ2) is 6.80. The molecule has 2 atom stereocenters. The number of phenolic OH excluding ortho intramolecular Hbond substituents is 1. The van der Waals surface area contributed by atoms with Crippen LogP contribution in [0, 0.1) is 13.8 Å². The molecule has 0 aliphatic carbocycles. The molecule has 2 aliphatic heterocycles. The van der Waals surface area contributed by atoms with Gasteiger partial charge in [-0.15, -0.1) is 0 Å². The number of fused-ring (bicyclic) bond motifs is 1. The predicted molar refractivity (Wildman–Crippen MR) is 109 cm³/mol. The number of hydrogen-bond acceptors (Lipinski definition) is 7. The molecule has 0 radical (unpaired) electrons. The third kappa shape index (κ3) is 2.65. The molecule has 7 nitrogen and oxygen atoms in total. The van der Waals surface area contributed by atoms with Crippen molar-refractivity contribution in [1.29, 1.82) is 0 Å². The lowest BCUT2D eigenvalue weighted by Crippen LogP contribution is -2.34. The number of hydrogen-bond donors (Lipinski definition) is 1. The normalized spacial score (nSPS) is 20.4. The quantitative estimate of drug-likeness (QED) is 0.738. The zero-order valence-corrected chi connectivity index (χ0v) is 18.2. The SMILES string of the molecule is COC(=O)c1c(OC)cc2c(c1C)[C@H](OC)[C@H]1c3c(cc(C)c(O)c3O2)OC1(C)C. The van der Waals surface area contributed by atoms with E-state index in [-0.39, 0.29) is 11.7 Å². The van der Waals surface area contributed by atoms with Crippen LogP contribution in [0.3, 0.4) is 0 Å². The summed E-state index contributed by atoms with van der Waals surface area (Å²) < 4.78 is 29.0. The first-order chi connectivity index (χ1) is 14.2. The number of benzene rings is 2. The Hall–Kier alpha value is -2.93. The predicted octanol–water partition coefficient (Wildman–Crippen LogP) is 4.55. The smallest absolute Gasteiger partial charge is 0.341 e. The van der Waals surface area contributed by atoms with Crippen LogP contribution < -0.4 is 14.2 Å². The van der Waals surface area contributed by atoms with Gasteiger partial charge in [0, 0.05) is 18.7 Å². The molecular weight excluding hydrogens is 388 g/mol. The van der Waals surface area contributed by atoms with Crippen LogP contribution in [-0.4, -0.2) is 38.0 Å². The van der Waals surface area contributed by atoms with Crippen molar-refractivity contribution >= 4 is 5.97 Å². The van der Waals surface area contributed by atoms with E-state index < -0.39 is 17.7 Å². The number of ether oxygens (including phenoxy) is 5. The molecule has 1 N–H and O–H groups in total. The number of aryl methyl sites for hydroxylation is 1. The van der Waals surface area contributed by atoms with Gasteiger partial charge in [0.05, 0.1) is 31.8 Å². The third-order valence-electron chi connectivity index (χ3n) is 6.09. The molecule has 0 spiro atoms. The highest BCUT2D eigenvalue weighted by atomic mass is 16.5. The highest BCUT2D eigenvalue weighted by Crippen LogP contribution is 2.62. The van der Waals surface area contributed by atoms with E-state index in [2.05, 4.69) is 0 Å². The summed E-state index contributed by atoms with van der Waals surface area (Å²) in [4.78, 5) is 12.5. The molecule has 0 saturated heterocycles. The molecule has 4 rings (SSSR count). The number of rotatable bonds is 3. The van der Waals surface area contributed by atoms with Gasteiger partial charge in [-0.1, -0.05) is 0 Å². The Morgan fingerprint density at radius 3 is 2.40 bits per heavy atom. The van der Waals surface area contributed by atoms with E-state index in [0.717, 1.165) is 5.56 Å². The van der Waals surface area contributed by atoms with Gasteiger partial charge in [0.25, 0.3) is 0 Å². The van der Waals surface area contributed by atoms with E-state index in [1.807, 2.05) is 26.8 Å². The van der Waals surface area contributed by atoms with Crippen LogP contribution in [-0.2, 0) is 9.47 Å². The number of carbonyl (C=O) groups excluding carboxylic acids is 1. The van der Waals surface area contributed by atoms with Gasteiger partial charge in [0.15, 0.2) is 11.5 Å². The first-order valence-electron chi connectivity index (χ1n) is 9.72. The third-order valence-corrected chi connectivity index (χ3v) is 6.09. The minimum atomic E-state index is -0.638. The molecule has 0 aromatic heterocycles. The Bertz CT molecular complexity index is 1050. The van der Waals surface area contributed by atoms with Crippen LogP contribution in [0.25, 0.3) is 0 Å². The van der Waals surface area contributed by atoms with Crippen LogP contribution in [0.15, 0.2) is 12.1 Å². The number of esters is 1. The number of phenols is 1. The zero-order valence-electron chi connectivity index (χ0n) is 18.2. The van der Waals surface area contributed by atoms with Gasteiger partial charge in [-0.05, 0) is 44.9 Å². The Labute approximate surface area is 175 Å². The first-order valence-corrected chi connectivity index (χ1v) is 9.72. The fourth-order valence-corrected chi connectivity index (χ4v) is 4.71.